The van der Waals surface area contributed by atoms with Crippen LogP contribution in [0.1, 0.15) is 58.4 Å². The molecule has 1 aliphatic rings. The van der Waals surface area contributed by atoms with Gasteiger partial charge in [-0.3, -0.25) is 4.99 Å². The number of amides is 1. The fourth-order valence-electron chi connectivity index (χ4n) is 3.32. The summed E-state index contributed by atoms with van der Waals surface area (Å²) in [5.74, 6) is 2.26. The monoisotopic (exact) mass is 434 g/mol. The average molecular weight is 435 g/mol. The van der Waals surface area contributed by atoms with Gasteiger partial charge in [-0.15, -0.1) is 0 Å². The number of nitrogens with zero attached hydrogens (tertiary/aromatic N) is 1. The number of hydrogen-bond donors (Lipinski definition) is 3. The van der Waals surface area contributed by atoms with Crippen molar-refractivity contribution >= 4 is 12.1 Å². The highest BCUT2D eigenvalue weighted by atomic mass is 16.6. The van der Waals surface area contributed by atoms with Crippen LogP contribution in [-0.2, 0) is 11.3 Å². The molecule has 0 bridgehead atoms. The standard InChI is InChI=1S/C23H38N4O4/c1-23(2,3)31-22(28)26-14-8-13-25-21(24-4)27-16-17-11-12-19(29-5)20(15-17)30-18-9-6-7-10-18/h11-12,15,18H,6-10,13-14,16H2,1-5H3,(H,26,28)(H2,24,25,27). The maximum atomic E-state index is 11.6. The summed E-state index contributed by atoms with van der Waals surface area (Å²) in [6.07, 6.45) is 5.29. The van der Waals surface area contributed by atoms with Crippen LogP contribution in [0.2, 0.25) is 0 Å². The summed E-state index contributed by atoms with van der Waals surface area (Å²) in [4.78, 5) is 15.9. The molecule has 3 N–H and O–H groups in total. The van der Waals surface area contributed by atoms with Crippen LogP contribution in [0.15, 0.2) is 23.2 Å². The molecule has 1 aromatic carbocycles. The van der Waals surface area contributed by atoms with Crippen LogP contribution in [0, 0.1) is 0 Å². The summed E-state index contributed by atoms with van der Waals surface area (Å²) in [5.41, 5.74) is 0.598. The van der Waals surface area contributed by atoms with Gasteiger partial charge in [-0.1, -0.05) is 6.07 Å². The second kappa shape index (κ2) is 12.3. The van der Waals surface area contributed by atoms with E-state index in [4.69, 9.17) is 14.2 Å². The second-order valence-corrected chi connectivity index (χ2v) is 8.64. The highest BCUT2D eigenvalue weighted by Gasteiger charge is 2.19. The highest BCUT2D eigenvalue weighted by Crippen LogP contribution is 2.32. The van der Waals surface area contributed by atoms with Crippen LogP contribution in [0.25, 0.3) is 0 Å². The van der Waals surface area contributed by atoms with Crippen molar-refractivity contribution < 1.29 is 19.0 Å². The van der Waals surface area contributed by atoms with Crippen molar-refractivity contribution in [3.63, 3.8) is 0 Å². The number of guanidine groups is 1. The Morgan fingerprint density at radius 3 is 2.45 bits per heavy atom. The molecule has 0 aliphatic heterocycles. The van der Waals surface area contributed by atoms with Gasteiger partial charge < -0.3 is 30.2 Å². The molecule has 0 heterocycles. The smallest absolute Gasteiger partial charge is 0.407 e. The molecule has 0 atom stereocenters. The minimum Gasteiger partial charge on any atom is -0.493 e. The summed E-state index contributed by atoms with van der Waals surface area (Å²) in [5, 5.41) is 9.30. The first kappa shape index (κ1) is 24.6. The third-order valence-electron chi connectivity index (χ3n) is 4.82. The van der Waals surface area contributed by atoms with Gasteiger partial charge in [0.05, 0.1) is 13.2 Å². The number of rotatable bonds is 9. The average Bonchev–Trinajstić information content (AvgIpc) is 3.22. The molecule has 8 nitrogen and oxygen atoms in total. The van der Waals surface area contributed by atoms with Gasteiger partial charge in [0.25, 0.3) is 0 Å². The predicted molar refractivity (Wildman–Crippen MR) is 123 cm³/mol. The largest absolute Gasteiger partial charge is 0.493 e. The zero-order valence-corrected chi connectivity index (χ0v) is 19.5. The molecule has 1 fully saturated rings. The van der Waals surface area contributed by atoms with E-state index in [-0.39, 0.29) is 6.10 Å². The van der Waals surface area contributed by atoms with E-state index in [0.717, 1.165) is 36.3 Å². The van der Waals surface area contributed by atoms with Crippen molar-refractivity contribution in [3.05, 3.63) is 23.8 Å². The molecule has 31 heavy (non-hydrogen) atoms. The Hall–Kier alpha value is -2.64. The van der Waals surface area contributed by atoms with Crippen LogP contribution in [0.3, 0.4) is 0 Å². The number of aliphatic imine (C=N–C) groups is 1. The third kappa shape index (κ3) is 9.36. The molecular weight excluding hydrogens is 396 g/mol. The van der Waals surface area contributed by atoms with Gasteiger partial charge >= 0.3 is 6.09 Å². The summed E-state index contributed by atoms with van der Waals surface area (Å²) >= 11 is 0. The minimum atomic E-state index is -0.488. The van der Waals surface area contributed by atoms with E-state index < -0.39 is 11.7 Å². The molecular formula is C23H38N4O4. The predicted octanol–water partition coefficient (Wildman–Crippen LogP) is 3.60. The molecule has 1 aliphatic carbocycles. The molecule has 0 spiro atoms. The Bertz CT molecular complexity index is 725. The fraction of sp³-hybridized carbons (Fsp3) is 0.652. The van der Waals surface area contributed by atoms with Crippen LogP contribution in [0.4, 0.5) is 4.79 Å². The van der Waals surface area contributed by atoms with Crippen molar-refractivity contribution in [2.75, 3.05) is 27.2 Å². The van der Waals surface area contributed by atoms with E-state index in [1.165, 1.54) is 12.8 Å². The lowest BCUT2D eigenvalue weighted by molar-refractivity contribution is 0.0527. The van der Waals surface area contributed by atoms with E-state index in [1.807, 2.05) is 39.0 Å². The van der Waals surface area contributed by atoms with Crippen LogP contribution >= 0.6 is 0 Å². The maximum Gasteiger partial charge on any atom is 0.407 e. The Kier molecular flexibility index (Phi) is 9.75. The van der Waals surface area contributed by atoms with Gasteiger partial charge in [-0.25, -0.2) is 4.79 Å². The maximum absolute atomic E-state index is 11.6. The zero-order chi connectivity index (χ0) is 22.7. The van der Waals surface area contributed by atoms with Crippen LogP contribution in [0.5, 0.6) is 11.5 Å². The van der Waals surface area contributed by atoms with E-state index in [2.05, 4.69) is 20.9 Å². The molecule has 1 saturated carbocycles. The third-order valence-corrected chi connectivity index (χ3v) is 4.82. The van der Waals surface area contributed by atoms with Gasteiger partial charge in [0.2, 0.25) is 0 Å². The molecule has 174 valence electrons. The number of alkyl carbamates (subject to hydrolysis) is 1. The van der Waals surface area contributed by atoms with Crippen molar-refractivity contribution in [2.24, 2.45) is 4.99 Å². The van der Waals surface area contributed by atoms with E-state index in [0.29, 0.717) is 25.6 Å². The molecule has 0 unspecified atom stereocenters. The van der Waals surface area contributed by atoms with Gasteiger partial charge in [0.1, 0.15) is 5.60 Å². The summed E-state index contributed by atoms with van der Waals surface area (Å²) in [6.45, 7) is 7.34. The number of carbonyl (C=O) groups is 1. The number of benzene rings is 1. The fourth-order valence-corrected chi connectivity index (χ4v) is 3.32. The Morgan fingerprint density at radius 2 is 1.81 bits per heavy atom. The Labute approximate surface area is 186 Å². The Morgan fingerprint density at radius 1 is 1.10 bits per heavy atom. The summed E-state index contributed by atoms with van der Waals surface area (Å²) in [6, 6.07) is 5.99. The number of carbonyl (C=O) groups excluding carboxylic acids is 1. The molecule has 1 aromatic rings. The summed E-state index contributed by atoms with van der Waals surface area (Å²) < 4.78 is 16.8. The van der Waals surface area contributed by atoms with E-state index in [1.54, 1.807) is 14.2 Å². The second-order valence-electron chi connectivity index (χ2n) is 8.64. The molecule has 0 aromatic heterocycles. The topological polar surface area (TPSA) is 93.2 Å². The van der Waals surface area contributed by atoms with Crippen molar-refractivity contribution in [1.82, 2.24) is 16.0 Å². The van der Waals surface area contributed by atoms with Crippen molar-refractivity contribution in [3.8, 4) is 11.5 Å². The molecule has 1 amide bonds. The lowest BCUT2D eigenvalue weighted by Gasteiger charge is -2.19. The first-order valence-corrected chi connectivity index (χ1v) is 11.1. The van der Waals surface area contributed by atoms with Gasteiger partial charge in [0, 0.05) is 26.7 Å². The van der Waals surface area contributed by atoms with Crippen molar-refractivity contribution in [1.29, 1.82) is 0 Å². The lowest BCUT2D eigenvalue weighted by Crippen LogP contribution is -2.39. The summed E-state index contributed by atoms with van der Waals surface area (Å²) in [7, 11) is 3.40. The van der Waals surface area contributed by atoms with Gasteiger partial charge in [-0.05, 0) is 70.6 Å². The quantitative estimate of drug-likeness (QED) is 0.312. The van der Waals surface area contributed by atoms with Crippen LogP contribution < -0.4 is 25.4 Å². The van der Waals surface area contributed by atoms with E-state index in [9.17, 15) is 4.79 Å². The molecule has 0 saturated heterocycles. The highest BCUT2D eigenvalue weighted by molar-refractivity contribution is 5.79. The van der Waals surface area contributed by atoms with Gasteiger partial charge in [0.15, 0.2) is 17.5 Å². The first-order chi connectivity index (χ1) is 14.8. The molecule has 0 radical (unpaired) electrons. The number of methoxy groups -OCH3 is 1. The molecule has 8 heteroatoms. The van der Waals surface area contributed by atoms with Crippen LogP contribution in [-0.4, -0.2) is 51.0 Å². The lowest BCUT2D eigenvalue weighted by atomic mass is 10.2. The number of hydrogen-bond acceptors (Lipinski definition) is 5. The Balaban J connectivity index is 1.74. The zero-order valence-electron chi connectivity index (χ0n) is 19.5. The van der Waals surface area contributed by atoms with Crippen molar-refractivity contribution in [2.45, 2.75) is 71.1 Å². The molecule has 2 rings (SSSR count). The van der Waals surface area contributed by atoms with Gasteiger partial charge in [-0.2, -0.15) is 0 Å². The SMILES string of the molecule is CN=C(NCCCNC(=O)OC(C)(C)C)NCc1ccc(OC)c(OC2CCCC2)c1. The number of nitrogens with one attached hydrogen (secondary N) is 3. The number of ether oxygens (including phenoxy) is 3. The normalized spacial score (nSPS) is 14.8. The first-order valence-electron chi connectivity index (χ1n) is 11.1. The minimum absolute atomic E-state index is 0.279. The van der Waals surface area contributed by atoms with E-state index >= 15 is 0 Å².